The Balaban J connectivity index is 1.90. The SMILES string of the molecule is COc1ccc(NC(=O)[C@@H](c2ccc(Cl)cc2)C(C)C)cc1S(=O)(=O)N1CCOCC1. The van der Waals surface area contributed by atoms with Crippen molar-refractivity contribution in [3.05, 3.63) is 53.1 Å². The number of nitrogens with one attached hydrogen (secondary N) is 1. The number of halogens is 1. The van der Waals surface area contributed by atoms with Gasteiger partial charge in [-0.1, -0.05) is 37.6 Å². The van der Waals surface area contributed by atoms with E-state index in [2.05, 4.69) is 5.32 Å². The van der Waals surface area contributed by atoms with Crippen LogP contribution in [0.4, 0.5) is 5.69 Å². The highest BCUT2D eigenvalue weighted by atomic mass is 35.5. The summed E-state index contributed by atoms with van der Waals surface area (Å²) < 4.78 is 38.2. The molecule has 0 unspecified atom stereocenters. The van der Waals surface area contributed by atoms with Crippen LogP contribution < -0.4 is 10.1 Å². The predicted molar refractivity (Wildman–Crippen MR) is 120 cm³/mol. The van der Waals surface area contributed by atoms with Crippen molar-refractivity contribution >= 4 is 33.2 Å². The van der Waals surface area contributed by atoms with E-state index in [1.165, 1.54) is 17.5 Å². The standard InChI is InChI=1S/C22H27ClN2O5S/c1-15(2)21(16-4-6-17(23)7-5-16)22(26)24-18-8-9-19(29-3)20(14-18)31(27,28)25-10-12-30-13-11-25/h4-9,14-15,21H,10-13H2,1-3H3,(H,24,26)/t21-/m1/s1. The van der Waals surface area contributed by atoms with Gasteiger partial charge in [-0.3, -0.25) is 4.79 Å². The lowest BCUT2D eigenvalue weighted by Crippen LogP contribution is -2.40. The second-order valence-corrected chi connectivity index (χ2v) is 9.99. The van der Waals surface area contributed by atoms with E-state index < -0.39 is 15.9 Å². The van der Waals surface area contributed by atoms with Gasteiger partial charge in [-0.25, -0.2) is 8.42 Å². The third-order valence-electron chi connectivity index (χ3n) is 5.20. The summed E-state index contributed by atoms with van der Waals surface area (Å²) in [6.45, 7) is 5.15. The number of benzene rings is 2. The summed E-state index contributed by atoms with van der Waals surface area (Å²) in [5.74, 6) is -0.394. The zero-order valence-electron chi connectivity index (χ0n) is 17.8. The molecule has 0 aliphatic carbocycles. The van der Waals surface area contributed by atoms with Crippen LogP contribution in [0.25, 0.3) is 0 Å². The Morgan fingerprint density at radius 1 is 1.13 bits per heavy atom. The predicted octanol–water partition coefficient (Wildman–Crippen LogP) is 3.75. The molecule has 1 amide bonds. The highest BCUT2D eigenvalue weighted by Gasteiger charge is 2.30. The fourth-order valence-electron chi connectivity index (χ4n) is 3.61. The molecule has 1 heterocycles. The molecular weight excluding hydrogens is 440 g/mol. The lowest BCUT2D eigenvalue weighted by atomic mass is 9.87. The molecule has 1 atom stereocenters. The smallest absolute Gasteiger partial charge is 0.246 e. The Morgan fingerprint density at radius 3 is 2.35 bits per heavy atom. The Labute approximate surface area is 188 Å². The molecule has 2 aromatic rings. The molecule has 2 aromatic carbocycles. The van der Waals surface area contributed by atoms with Gasteiger partial charge in [-0.2, -0.15) is 4.31 Å². The second-order valence-electron chi connectivity index (χ2n) is 7.64. The summed E-state index contributed by atoms with van der Waals surface area (Å²) in [6.07, 6.45) is 0. The summed E-state index contributed by atoms with van der Waals surface area (Å²) in [5.41, 5.74) is 1.23. The average Bonchev–Trinajstić information content (AvgIpc) is 2.75. The molecule has 1 N–H and O–H groups in total. The third-order valence-corrected chi connectivity index (χ3v) is 7.37. The molecule has 0 radical (unpaired) electrons. The number of sulfonamides is 1. The van der Waals surface area contributed by atoms with Crippen molar-refractivity contribution in [1.29, 1.82) is 0 Å². The summed E-state index contributed by atoms with van der Waals surface area (Å²) in [6, 6.07) is 11.8. The molecule has 168 valence electrons. The molecular formula is C22H27ClN2O5S. The van der Waals surface area contributed by atoms with E-state index in [-0.39, 0.29) is 35.6 Å². The maximum atomic E-state index is 13.2. The lowest BCUT2D eigenvalue weighted by Gasteiger charge is -2.27. The monoisotopic (exact) mass is 466 g/mol. The Hall–Kier alpha value is -2.13. The molecule has 0 spiro atoms. The molecule has 0 saturated carbocycles. The van der Waals surface area contributed by atoms with Gasteiger partial charge in [0.15, 0.2) is 0 Å². The van der Waals surface area contributed by atoms with E-state index in [4.69, 9.17) is 21.1 Å². The molecule has 3 rings (SSSR count). The van der Waals surface area contributed by atoms with E-state index in [0.717, 1.165) is 5.56 Å². The van der Waals surface area contributed by atoms with Crippen LogP contribution in [0.2, 0.25) is 5.02 Å². The summed E-state index contributed by atoms with van der Waals surface area (Å²) in [5, 5.41) is 3.47. The van der Waals surface area contributed by atoms with Crippen molar-refractivity contribution in [3.63, 3.8) is 0 Å². The molecule has 0 aromatic heterocycles. The molecule has 1 fully saturated rings. The summed E-state index contributed by atoms with van der Waals surface area (Å²) in [4.78, 5) is 13.1. The topological polar surface area (TPSA) is 84.9 Å². The van der Waals surface area contributed by atoms with E-state index in [0.29, 0.717) is 23.9 Å². The molecule has 0 bridgehead atoms. The summed E-state index contributed by atoms with van der Waals surface area (Å²) >= 11 is 5.98. The van der Waals surface area contributed by atoms with E-state index in [9.17, 15) is 13.2 Å². The van der Waals surface area contributed by atoms with Crippen LogP contribution in [0.3, 0.4) is 0 Å². The van der Waals surface area contributed by atoms with Crippen LogP contribution in [0.5, 0.6) is 5.75 Å². The van der Waals surface area contributed by atoms with Crippen LogP contribution >= 0.6 is 11.6 Å². The first-order valence-electron chi connectivity index (χ1n) is 10.1. The average molecular weight is 467 g/mol. The van der Waals surface area contributed by atoms with Crippen LogP contribution in [0.1, 0.15) is 25.3 Å². The maximum absolute atomic E-state index is 13.2. The van der Waals surface area contributed by atoms with Crippen molar-refractivity contribution < 1.29 is 22.7 Å². The number of carbonyl (C=O) groups excluding carboxylic acids is 1. The Bertz CT molecular complexity index is 1020. The molecule has 1 aliphatic heterocycles. The highest BCUT2D eigenvalue weighted by Crippen LogP contribution is 2.32. The maximum Gasteiger partial charge on any atom is 0.246 e. The number of ether oxygens (including phenoxy) is 2. The van der Waals surface area contributed by atoms with E-state index >= 15 is 0 Å². The van der Waals surface area contributed by atoms with E-state index in [1.54, 1.807) is 24.3 Å². The minimum Gasteiger partial charge on any atom is -0.495 e. The molecule has 31 heavy (non-hydrogen) atoms. The quantitative estimate of drug-likeness (QED) is 0.671. The number of anilines is 1. The highest BCUT2D eigenvalue weighted by molar-refractivity contribution is 7.89. The normalized spacial score (nSPS) is 16.2. The first kappa shape index (κ1) is 23.5. The number of methoxy groups -OCH3 is 1. The number of hydrogen-bond donors (Lipinski definition) is 1. The molecule has 1 aliphatic rings. The van der Waals surface area contributed by atoms with Gasteiger partial charge in [0.1, 0.15) is 10.6 Å². The fraction of sp³-hybridized carbons (Fsp3) is 0.409. The number of rotatable bonds is 7. The van der Waals surface area contributed by atoms with Crippen molar-refractivity contribution in [2.45, 2.75) is 24.7 Å². The van der Waals surface area contributed by atoms with Crippen LogP contribution in [0, 0.1) is 5.92 Å². The van der Waals surface area contributed by atoms with Gasteiger partial charge in [0.05, 0.1) is 26.2 Å². The minimum absolute atomic E-state index is 0.0160. The number of hydrogen-bond acceptors (Lipinski definition) is 5. The lowest BCUT2D eigenvalue weighted by molar-refractivity contribution is -0.118. The largest absolute Gasteiger partial charge is 0.495 e. The number of carbonyl (C=O) groups is 1. The van der Waals surface area contributed by atoms with Crippen molar-refractivity contribution in [2.24, 2.45) is 5.92 Å². The van der Waals surface area contributed by atoms with E-state index in [1.807, 2.05) is 26.0 Å². The molecule has 1 saturated heterocycles. The molecule has 7 nitrogen and oxygen atoms in total. The van der Waals surface area contributed by atoms with Gasteiger partial charge in [0.2, 0.25) is 15.9 Å². The van der Waals surface area contributed by atoms with Gasteiger partial charge in [0, 0.05) is 23.8 Å². The zero-order chi connectivity index (χ0) is 22.6. The Kier molecular flexibility index (Phi) is 7.59. The van der Waals surface area contributed by atoms with Crippen LogP contribution in [-0.2, 0) is 19.6 Å². The van der Waals surface area contributed by atoms with Gasteiger partial charge in [-0.15, -0.1) is 0 Å². The van der Waals surface area contributed by atoms with Crippen LogP contribution in [-0.4, -0.2) is 52.0 Å². The van der Waals surface area contributed by atoms with Gasteiger partial charge < -0.3 is 14.8 Å². The zero-order valence-corrected chi connectivity index (χ0v) is 19.4. The first-order chi connectivity index (χ1) is 14.7. The number of nitrogens with zero attached hydrogens (tertiary/aromatic N) is 1. The van der Waals surface area contributed by atoms with Crippen molar-refractivity contribution in [1.82, 2.24) is 4.31 Å². The third kappa shape index (κ3) is 5.38. The van der Waals surface area contributed by atoms with Gasteiger partial charge >= 0.3 is 0 Å². The molecule has 9 heteroatoms. The fourth-order valence-corrected chi connectivity index (χ4v) is 5.33. The second kappa shape index (κ2) is 9.99. The number of amides is 1. The van der Waals surface area contributed by atoms with Gasteiger partial charge in [-0.05, 0) is 41.8 Å². The minimum atomic E-state index is -3.79. The summed E-state index contributed by atoms with van der Waals surface area (Å²) in [7, 11) is -2.38. The first-order valence-corrected chi connectivity index (χ1v) is 11.9. The van der Waals surface area contributed by atoms with Crippen LogP contribution in [0.15, 0.2) is 47.4 Å². The number of morpholine rings is 1. The van der Waals surface area contributed by atoms with Gasteiger partial charge in [0.25, 0.3) is 0 Å². The van der Waals surface area contributed by atoms with Crippen molar-refractivity contribution in [2.75, 3.05) is 38.7 Å². The Morgan fingerprint density at radius 2 is 1.77 bits per heavy atom. The van der Waals surface area contributed by atoms with Crippen molar-refractivity contribution in [3.8, 4) is 5.75 Å².